The van der Waals surface area contributed by atoms with Crippen molar-refractivity contribution in [3.63, 3.8) is 0 Å². The second kappa shape index (κ2) is 4.56. The number of primary amides is 1. The molecule has 1 aromatic rings. The first-order chi connectivity index (χ1) is 8.79. The van der Waals surface area contributed by atoms with E-state index in [0.717, 1.165) is 17.0 Å². The second-order valence-electron chi connectivity index (χ2n) is 4.36. The number of halogens is 3. The number of carbonyl (C=O) groups excluding carboxylic acids is 2. The van der Waals surface area contributed by atoms with Crippen molar-refractivity contribution in [2.75, 3.05) is 11.4 Å². The van der Waals surface area contributed by atoms with Gasteiger partial charge in [0.05, 0.1) is 11.5 Å². The topological polar surface area (TPSA) is 63.4 Å². The molecule has 1 aliphatic rings. The molecule has 4 nitrogen and oxygen atoms in total. The van der Waals surface area contributed by atoms with E-state index in [1.54, 1.807) is 0 Å². The summed E-state index contributed by atoms with van der Waals surface area (Å²) in [5.41, 5.74) is 4.40. The van der Waals surface area contributed by atoms with Gasteiger partial charge in [-0.05, 0) is 18.2 Å². The minimum absolute atomic E-state index is 0.0233. The van der Waals surface area contributed by atoms with Crippen LogP contribution in [0.25, 0.3) is 0 Å². The zero-order valence-corrected chi connectivity index (χ0v) is 9.78. The molecule has 1 aliphatic heterocycles. The summed E-state index contributed by atoms with van der Waals surface area (Å²) in [6.45, 7) is 0.0233. The van der Waals surface area contributed by atoms with Crippen LogP contribution in [0.1, 0.15) is 12.0 Å². The Kier molecular flexibility index (Phi) is 3.21. The first-order valence-electron chi connectivity index (χ1n) is 5.56. The number of amides is 2. The lowest BCUT2D eigenvalue weighted by Gasteiger charge is -2.17. The lowest BCUT2D eigenvalue weighted by molar-refractivity contribution is -0.137. The van der Waals surface area contributed by atoms with E-state index in [9.17, 15) is 22.8 Å². The molecular weight excluding hydrogens is 261 g/mol. The van der Waals surface area contributed by atoms with Gasteiger partial charge in [0.25, 0.3) is 0 Å². The Morgan fingerprint density at radius 3 is 2.58 bits per heavy atom. The maximum atomic E-state index is 12.6. The summed E-state index contributed by atoms with van der Waals surface area (Å²) in [6, 6.07) is 4.44. The fourth-order valence-electron chi connectivity index (χ4n) is 2.00. The number of rotatable bonds is 2. The Labute approximate surface area is 107 Å². The van der Waals surface area contributed by atoms with Gasteiger partial charge in [-0.1, -0.05) is 6.07 Å². The number of anilines is 1. The van der Waals surface area contributed by atoms with E-state index >= 15 is 0 Å². The van der Waals surface area contributed by atoms with Crippen LogP contribution in [0.2, 0.25) is 0 Å². The number of benzene rings is 1. The van der Waals surface area contributed by atoms with Crippen LogP contribution in [-0.2, 0) is 15.8 Å². The number of hydrogen-bond donors (Lipinski definition) is 1. The van der Waals surface area contributed by atoms with Crippen molar-refractivity contribution < 1.29 is 22.8 Å². The standard InChI is InChI=1S/C12H11F3N2O2/c13-12(14,15)8-2-1-3-9(5-8)17-6-7(11(16)19)4-10(17)18/h1-3,5,7H,4,6H2,(H2,16,19). The molecule has 0 radical (unpaired) electrons. The van der Waals surface area contributed by atoms with Crippen LogP contribution in [0.3, 0.4) is 0 Å². The first kappa shape index (κ1) is 13.4. The van der Waals surface area contributed by atoms with Crippen molar-refractivity contribution in [3.8, 4) is 0 Å². The van der Waals surface area contributed by atoms with Crippen LogP contribution in [0.4, 0.5) is 18.9 Å². The highest BCUT2D eigenvalue weighted by molar-refractivity contribution is 6.00. The quantitative estimate of drug-likeness (QED) is 0.887. The Bertz CT molecular complexity index is 528. The molecule has 1 aromatic carbocycles. The lowest BCUT2D eigenvalue weighted by atomic mass is 10.1. The molecule has 1 atom stereocenters. The molecule has 1 saturated heterocycles. The van der Waals surface area contributed by atoms with Crippen LogP contribution in [0.5, 0.6) is 0 Å². The van der Waals surface area contributed by atoms with Gasteiger partial charge in [-0.2, -0.15) is 13.2 Å². The maximum Gasteiger partial charge on any atom is 0.416 e. The molecule has 0 spiro atoms. The summed E-state index contributed by atoms with van der Waals surface area (Å²) in [6.07, 6.45) is -4.53. The van der Waals surface area contributed by atoms with E-state index in [0.29, 0.717) is 0 Å². The monoisotopic (exact) mass is 272 g/mol. The maximum absolute atomic E-state index is 12.6. The summed E-state index contributed by atoms with van der Waals surface area (Å²) in [5, 5.41) is 0. The van der Waals surface area contributed by atoms with Crippen molar-refractivity contribution in [1.29, 1.82) is 0 Å². The van der Waals surface area contributed by atoms with Crippen LogP contribution < -0.4 is 10.6 Å². The van der Waals surface area contributed by atoms with E-state index in [1.807, 2.05) is 0 Å². The van der Waals surface area contributed by atoms with E-state index in [1.165, 1.54) is 12.1 Å². The Morgan fingerprint density at radius 2 is 2.05 bits per heavy atom. The van der Waals surface area contributed by atoms with E-state index in [2.05, 4.69) is 0 Å². The van der Waals surface area contributed by atoms with E-state index in [4.69, 9.17) is 5.73 Å². The Morgan fingerprint density at radius 1 is 1.37 bits per heavy atom. The van der Waals surface area contributed by atoms with Crippen LogP contribution in [-0.4, -0.2) is 18.4 Å². The summed E-state index contributed by atoms with van der Waals surface area (Å²) >= 11 is 0. The van der Waals surface area contributed by atoms with Gasteiger partial charge in [-0.25, -0.2) is 0 Å². The minimum atomic E-state index is -4.47. The van der Waals surface area contributed by atoms with Crippen LogP contribution in [0.15, 0.2) is 24.3 Å². The van der Waals surface area contributed by atoms with Crippen molar-refractivity contribution in [2.24, 2.45) is 11.7 Å². The van der Waals surface area contributed by atoms with E-state index in [-0.39, 0.29) is 18.7 Å². The zero-order valence-electron chi connectivity index (χ0n) is 9.78. The molecule has 1 heterocycles. The third-order valence-electron chi connectivity index (χ3n) is 3.01. The summed E-state index contributed by atoms with van der Waals surface area (Å²) in [5.74, 6) is -1.67. The van der Waals surface area contributed by atoms with Crippen LogP contribution in [0, 0.1) is 5.92 Å². The average molecular weight is 272 g/mol. The van der Waals surface area contributed by atoms with Gasteiger partial charge in [-0.3, -0.25) is 9.59 Å². The predicted molar refractivity (Wildman–Crippen MR) is 61.1 cm³/mol. The van der Waals surface area contributed by atoms with Crippen molar-refractivity contribution in [1.82, 2.24) is 0 Å². The summed E-state index contributed by atoms with van der Waals surface area (Å²) in [4.78, 5) is 23.9. The third-order valence-corrected chi connectivity index (χ3v) is 3.01. The lowest BCUT2D eigenvalue weighted by Crippen LogP contribution is -2.28. The minimum Gasteiger partial charge on any atom is -0.369 e. The summed E-state index contributed by atoms with van der Waals surface area (Å²) in [7, 11) is 0. The van der Waals surface area contributed by atoms with Gasteiger partial charge in [-0.15, -0.1) is 0 Å². The van der Waals surface area contributed by atoms with Crippen molar-refractivity contribution >= 4 is 17.5 Å². The number of carbonyl (C=O) groups is 2. The average Bonchev–Trinajstić information content (AvgIpc) is 2.71. The Balaban J connectivity index is 2.28. The highest BCUT2D eigenvalue weighted by Crippen LogP contribution is 2.33. The van der Waals surface area contributed by atoms with Crippen molar-refractivity contribution in [2.45, 2.75) is 12.6 Å². The molecule has 19 heavy (non-hydrogen) atoms. The molecule has 2 rings (SSSR count). The summed E-state index contributed by atoms with van der Waals surface area (Å²) < 4.78 is 37.7. The zero-order chi connectivity index (χ0) is 14.2. The number of hydrogen-bond acceptors (Lipinski definition) is 2. The predicted octanol–water partition coefficient (Wildman–Crippen LogP) is 1.54. The second-order valence-corrected chi connectivity index (χ2v) is 4.36. The van der Waals surface area contributed by atoms with Gasteiger partial charge < -0.3 is 10.6 Å². The molecule has 2 amide bonds. The molecule has 1 unspecified atom stereocenters. The van der Waals surface area contributed by atoms with Gasteiger partial charge in [0, 0.05) is 18.7 Å². The first-order valence-corrected chi connectivity index (χ1v) is 5.56. The molecule has 0 aliphatic carbocycles. The number of alkyl halides is 3. The molecule has 1 fully saturated rings. The third kappa shape index (κ3) is 2.69. The number of nitrogens with two attached hydrogens (primary N) is 1. The van der Waals surface area contributed by atoms with Gasteiger partial charge in [0.1, 0.15) is 0 Å². The molecule has 0 aromatic heterocycles. The highest BCUT2D eigenvalue weighted by atomic mass is 19.4. The fraction of sp³-hybridized carbons (Fsp3) is 0.333. The smallest absolute Gasteiger partial charge is 0.369 e. The van der Waals surface area contributed by atoms with Crippen molar-refractivity contribution in [3.05, 3.63) is 29.8 Å². The molecule has 2 N–H and O–H groups in total. The Hall–Kier alpha value is -2.05. The van der Waals surface area contributed by atoms with E-state index < -0.39 is 29.5 Å². The molecule has 7 heteroatoms. The number of nitrogens with zero attached hydrogens (tertiary/aromatic N) is 1. The molecule has 0 saturated carbocycles. The van der Waals surface area contributed by atoms with Crippen LogP contribution >= 0.6 is 0 Å². The van der Waals surface area contributed by atoms with Gasteiger partial charge in [0.2, 0.25) is 11.8 Å². The fourth-order valence-corrected chi connectivity index (χ4v) is 2.00. The highest BCUT2D eigenvalue weighted by Gasteiger charge is 2.35. The SMILES string of the molecule is NC(=O)C1CC(=O)N(c2cccc(C(F)(F)F)c2)C1. The normalized spacial score (nSPS) is 19.8. The van der Waals surface area contributed by atoms with Gasteiger partial charge >= 0.3 is 6.18 Å². The molecule has 0 bridgehead atoms. The largest absolute Gasteiger partial charge is 0.416 e. The molecule has 102 valence electrons. The van der Waals surface area contributed by atoms with Gasteiger partial charge in [0.15, 0.2) is 0 Å². The molecular formula is C12H11F3N2O2.